The number of hydrogen-bond donors (Lipinski definition) is 2. The van der Waals surface area contributed by atoms with Crippen molar-refractivity contribution in [1.29, 1.82) is 0 Å². The topological polar surface area (TPSA) is 33.3 Å². The molecule has 3 nitrogen and oxygen atoms in total. The Labute approximate surface area is 144 Å². The molecule has 0 saturated heterocycles. The van der Waals surface area contributed by atoms with Gasteiger partial charge in [-0.3, -0.25) is 0 Å². The molecule has 2 aromatic rings. The highest BCUT2D eigenvalue weighted by molar-refractivity contribution is 7.80. The van der Waals surface area contributed by atoms with Gasteiger partial charge in [0, 0.05) is 0 Å². The molecule has 0 aromatic heterocycles. The van der Waals surface area contributed by atoms with E-state index in [4.69, 9.17) is 17.0 Å². The molecule has 122 valence electrons. The van der Waals surface area contributed by atoms with Gasteiger partial charge in [0.1, 0.15) is 5.75 Å². The molecular weight excluding hydrogens is 304 g/mol. The van der Waals surface area contributed by atoms with Crippen molar-refractivity contribution in [2.24, 2.45) is 0 Å². The standard InChI is InChI=1S/C19H24N2OS/c1-5-22-18-9-7-6-8-17(18)21-19(23)20-15(4)16-12-13(2)10-11-14(16)3/h6-12,15H,5H2,1-4H3,(H2,20,21,23)/t15-/m0/s1. The number of rotatable bonds is 5. The number of aryl methyl sites for hydroxylation is 2. The summed E-state index contributed by atoms with van der Waals surface area (Å²) in [7, 11) is 0. The van der Waals surface area contributed by atoms with Gasteiger partial charge in [-0.25, -0.2) is 0 Å². The van der Waals surface area contributed by atoms with Crippen LogP contribution in [0.4, 0.5) is 5.69 Å². The average Bonchev–Trinajstić information content (AvgIpc) is 2.51. The van der Waals surface area contributed by atoms with Crippen molar-refractivity contribution in [3.8, 4) is 5.75 Å². The highest BCUT2D eigenvalue weighted by Gasteiger charge is 2.11. The Bertz CT molecular complexity index is 685. The van der Waals surface area contributed by atoms with Gasteiger partial charge in [-0.15, -0.1) is 0 Å². The lowest BCUT2D eigenvalue weighted by Gasteiger charge is -2.20. The fraction of sp³-hybridized carbons (Fsp3) is 0.316. The van der Waals surface area contributed by atoms with Crippen LogP contribution in [-0.4, -0.2) is 11.7 Å². The Balaban J connectivity index is 2.06. The zero-order chi connectivity index (χ0) is 16.8. The third kappa shape index (κ3) is 4.70. The van der Waals surface area contributed by atoms with Crippen LogP contribution in [0.2, 0.25) is 0 Å². The SMILES string of the molecule is CCOc1ccccc1NC(=S)N[C@@H](C)c1cc(C)ccc1C. The summed E-state index contributed by atoms with van der Waals surface area (Å²) in [4.78, 5) is 0. The second-order valence-electron chi connectivity index (χ2n) is 5.61. The van der Waals surface area contributed by atoms with Crippen molar-refractivity contribution in [2.75, 3.05) is 11.9 Å². The van der Waals surface area contributed by atoms with Crippen LogP contribution < -0.4 is 15.4 Å². The fourth-order valence-corrected chi connectivity index (χ4v) is 2.80. The molecule has 2 N–H and O–H groups in total. The van der Waals surface area contributed by atoms with E-state index in [9.17, 15) is 0 Å². The smallest absolute Gasteiger partial charge is 0.171 e. The predicted molar refractivity (Wildman–Crippen MR) is 101 cm³/mol. The fourth-order valence-electron chi connectivity index (χ4n) is 2.51. The van der Waals surface area contributed by atoms with Crippen molar-refractivity contribution in [2.45, 2.75) is 33.7 Å². The maximum atomic E-state index is 5.61. The van der Waals surface area contributed by atoms with E-state index in [1.807, 2.05) is 31.2 Å². The summed E-state index contributed by atoms with van der Waals surface area (Å²) in [6, 6.07) is 14.4. The maximum absolute atomic E-state index is 5.61. The zero-order valence-electron chi connectivity index (χ0n) is 14.1. The third-order valence-corrected chi connectivity index (χ3v) is 3.90. The second-order valence-corrected chi connectivity index (χ2v) is 6.02. The summed E-state index contributed by atoms with van der Waals surface area (Å²) >= 11 is 5.45. The molecule has 0 spiro atoms. The second kappa shape index (κ2) is 7.97. The van der Waals surface area contributed by atoms with Crippen molar-refractivity contribution >= 4 is 23.0 Å². The Morgan fingerprint density at radius 2 is 1.91 bits per heavy atom. The summed E-state index contributed by atoms with van der Waals surface area (Å²) in [6.07, 6.45) is 0. The third-order valence-electron chi connectivity index (χ3n) is 3.68. The van der Waals surface area contributed by atoms with Crippen molar-refractivity contribution in [3.05, 3.63) is 59.2 Å². The van der Waals surface area contributed by atoms with Crippen LogP contribution in [0.15, 0.2) is 42.5 Å². The van der Waals surface area contributed by atoms with E-state index in [2.05, 4.69) is 49.6 Å². The van der Waals surface area contributed by atoms with Gasteiger partial charge in [-0.1, -0.05) is 35.9 Å². The van der Waals surface area contributed by atoms with E-state index in [1.54, 1.807) is 0 Å². The Kier molecular flexibility index (Phi) is 5.99. The van der Waals surface area contributed by atoms with Crippen LogP contribution in [0.25, 0.3) is 0 Å². The molecule has 0 heterocycles. The Morgan fingerprint density at radius 3 is 2.65 bits per heavy atom. The van der Waals surface area contributed by atoms with Crippen molar-refractivity contribution in [1.82, 2.24) is 5.32 Å². The average molecular weight is 328 g/mol. The molecule has 0 bridgehead atoms. The molecular formula is C19H24N2OS. The number of anilines is 1. The van der Waals surface area contributed by atoms with Crippen LogP contribution >= 0.6 is 12.2 Å². The maximum Gasteiger partial charge on any atom is 0.171 e. The number of hydrogen-bond acceptors (Lipinski definition) is 2. The zero-order valence-corrected chi connectivity index (χ0v) is 15.0. The van der Waals surface area contributed by atoms with Gasteiger partial charge in [0.15, 0.2) is 5.11 Å². The number of benzene rings is 2. The minimum Gasteiger partial charge on any atom is -0.492 e. The van der Waals surface area contributed by atoms with Crippen LogP contribution in [0, 0.1) is 13.8 Å². The highest BCUT2D eigenvalue weighted by atomic mass is 32.1. The first-order valence-electron chi connectivity index (χ1n) is 7.87. The minimum absolute atomic E-state index is 0.133. The molecule has 0 saturated carbocycles. The first-order valence-corrected chi connectivity index (χ1v) is 8.28. The van der Waals surface area contributed by atoms with Gasteiger partial charge in [-0.2, -0.15) is 0 Å². The first-order chi connectivity index (χ1) is 11.0. The molecule has 0 amide bonds. The largest absolute Gasteiger partial charge is 0.492 e. The molecule has 2 rings (SSSR count). The molecule has 0 aliphatic heterocycles. The van der Waals surface area contributed by atoms with E-state index in [0.717, 1.165) is 11.4 Å². The normalized spacial score (nSPS) is 11.7. The molecule has 1 atom stereocenters. The van der Waals surface area contributed by atoms with Crippen LogP contribution in [0.1, 0.15) is 36.6 Å². The van der Waals surface area contributed by atoms with E-state index in [-0.39, 0.29) is 6.04 Å². The van der Waals surface area contributed by atoms with E-state index in [0.29, 0.717) is 11.7 Å². The summed E-state index contributed by atoms with van der Waals surface area (Å²) in [5.41, 5.74) is 4.64. The predicted octanol–water partition coefficient (Wildman–Crippen LogP) is 4.75. The first kappa shape index (κ1) is 17.3. The van der Waals surface area contributed by atoms with E-state index < -0.39 is 0 Å². The lowest BCUT2D eigenvalue weighted by Crippen LogP contribution is -2.31. The lowest BCUT2D eigenvalue weighted by molar-refractivity contribution is 0.342. The summed E-state index contributed by atoms with van der Waals surface area (Å²) in [5.74, 6) is 0.804. The van der Waals surface area contributed by atoms with Crippen LogP contribution in [0.5, 0.6) is 5.75 Å². The van der Waals surface area contributed by atoms with Crippen LogP contribution in [-0.2, 0) is 0 Å². The number of thiocarbonyl (C=S) groups is 1. The minimum atomic E-state index is 0.133. The van der Waals surface area contributed by atoms with Gasteiger partial charge in [0.2, 0.25) is 0 Å². The monoisotopic (exact) mass is 328 g/mol. The molecule has 4 heteroatoms. The molecule has 2 aromatic carbocycles. The Morgan fingerprint density at radius 1 is 1.17 bits per heavy atom. The molecule has 0 aliphatic rings. The van der Waals surface area contributed by atoms with Crippen molar-refractivity contribution in [3.63, 3.8) is 0 Å². The molecule has 0 unspecified atom stereocenters. The van der Waals surface area contributed by atoms with Gasteiger partial charge < -0.3 is 15.4 Å². The van der Waals surface area contributed by atoms with Crippen LogP contribution in [0.3, 0.4) is 0 Å². The number of nitrogens with one attached hydrogen (secondary N) is 2. The van der Waals surface area contributed by atoms with Gasteiger partial charge in [0.25, 0.3) is 0 Å². The quantitative estimate of drug-likeness (QED) is 0.776. The van der Waals surface area contributed by atoms with E-state index in [1.165, 1.54) is 16.7 Å². The van der Waals surface area contributed by atoms with E-state index >= 15 is 0 Å². The van der Waals surface area contributed by atoms with Gasteiger partial charge >= 0.3 is 0 Å². The van der Waals surface area contributed by atoms with Gasteiger partial charge in [-0.05, 0) is 63.2 Å². The van der Waals surface area contributed by atoms with Crippen molar-refractivity contribution < 1.29 is 4.74 Å². The molecule has 0 aliphatic carbocycles. The summed E-state index contributed by atoms with van der Waals surface area (Å²) in [5, 5.41) is 7.16. The number of para-hydroxylation sites is 2. The Hall–Kier alpha value is -2.07. The van der Waals surface area contributed by atoms with Gasteiger partial charge in [0.05, 0.1) is 18.3 Å². The molecule has 0 radical (unpaired) electrons. The lowest BCUT2D eigenvalue weighted by atomic mass is 10.0. The summed E-state index contributed by atoms with van der Waals surface area (Å²) in [6.45, 7) is 8.93. The number of ether oxygens (including phenoxy) is 1. The molecule has 23 heavy (non-hydrogen) atoms. The summed E-state index contributed by atoms with van der Waals surface area (Å²) < 4.78 is 5.61. The highest BCUT2D eigenvalue weighted by Crippen LogP contribution is 2.24. The molecule has 0 fully saturated rings.